The second-order valence-corrected chi connectivity index (χ2v) is 9.03. The van der Waals surface area contributed by atoms with Crippen molar-refractivity contribution in [1.82, 2.24) is 9.55 Å². The van der Waals surface area contributed by atoms with Gasteiger partial charge in [-0.15, -0.1) is 0 Å². The Morgan fingerprint density at radius 3 is 2.45 bits per heavy atom. The van der Waals surface area contributed by atoms with Crippen molar-refractivity contribution in [2.75, 3.05) is 19.0 Å². The van der Waals surface area contributed by atoms with Crippen LogP contribution in [-0.2, 0) is 28.6 Å². The largest absolute Gasteiger partial charge is 0.497 e. The van der Waals surface area contributed by atoms with E-state index in [0.29, 0.717) is 5.75 Å². The zero-order chi connectivity index (χ0) is 28.0. The molecule has 1 aliphatic rings. The van der Waals surface area contributed by atoms with Crippen LogP contribution in [0.2, 0.25) is 0 Å². The molecule has 2 N–H and O–H groups in total. The van der Waals surface area contributed by atoms with Gasteiger partial charge < -0.3 is 29.4 Å². The van der Waals surface area contributed by atoms with Gasteiger partial charge in [0, 0.05) is 37.2 Å². The molecule has 38 heavy (non-hydrogen) atoms. The summed E-state index contributed by atoms with van der Waals surface area (Å²) in [5, 5.41) is 11.6. The molecule has 2 aromatic rings. The maximum absolute atomic E-state index is 13.1. The van der Waals surface area contributed by atoms with E-state index in [2.05, 4.69) is 26.2 Å². The summed E-state index contributed by atoms with van der Waals surface area (Å²) in [4.78, 5) is 63.3. The molecule has 0 spiro atoms. The number of methoxy groups -OCH3 is 1. The number of carboxylic acid groups (broad SMARTS) is 1. The Labute approximate surface area is 224 Å². The van der Waals surface area contributed by atoms with Crippen LogP contribution in [0.3, 0.4) is 0 Å². The molecular weight excluding hydrogens is 570 g/mol. The van der Waals surface area contributed by atoms with Crippen molar-refractivity contribution in [3.8, 4) is 5.75 Å². The van der Waals surface area contributed by atoms with Gasteiger partial charge in [0.2, 0.25) is 0 Å². The van der Waals surface area contributed by atoms with Gasteiger partial charge in [-0.05, 0) is 30.3 Å². The van der Waals surface area contributed by atoms with Gasteiger partial charge in [-0.3, -0.25) is 19.0 Å². The number of ether oxygens (including phenoxy) is 4. The van der Waals surface area contributed by atoms with Crippen LogP contribution in [0.5, 0.6) is 5.75 Å². The van der Waals surface area contributed by atoms with Crippen LogP contribution >= 0.6 is 15.9 Å². The molecule has 1 fully saturated rings. The van der Waals surface area contributed by atoms with Crippen LogP contribution in [0.15, 0.2) is 41.3 Å². The summed E-state index contributed by atoms with van der Waals surface area (Å²) in [6.45, 7) is 2.20. The molecule has 2 heterocycles. The first kappa shape index (κ1) is 28.5. The van der Waals surface area contributed by atoms with Crippen LogP contribution in [0, 0.1) is 0 Å². The van der Waals surface area contributed by atoms with Crippen LogP contribution in [-0.4, -0.2) is 69.2 Å². The van der Waals surface area contributed by atoms with Crippen molar-refractivity contribution in [2.45, 2.75) is 37.1 Å². The first-order chi connectivity index (χ1) is 18.0. The molecule has 0 aliphatic carbocycles. The lowest BCUT2D eigenvalue weighted by atomic mass is 10.2. The third-order valence-electron chi connectivity index (χ3n) is 5.26. The number of anilines is 1. The maximum atomic E-state index is 13.1. The number of benzene rings is 1. The number of esters is 2. The average Bonchev–Trinajstić information content (AvgIpc) is 3.16. The SMILES string of the molecule is COc1ccc(C(=O)Nc2nc(=O)n([C@@H]3O[C@H](COC(C)=O)[C@H](Br)[C@H]3OC(C)=O)cc2C=CC(=O)O)cc1. The second-order valence-electron chi connectivity index (χ2n) is 7.98. The van der Waals surface area contributed by atoms with Crippen LogP contribution < -0.4 is 15.7 Å². The van der Waals surface area contributed by atoms with Gasteiger partial charge in [0.25, 0.3) is 5.91 Å². The van der Waals surface area contributed by atoms with E-state index in [1.165, 1.54) is 39.3 Å². The summed E-state index contributed by atoms with van der Waals surface area (Å²) in [5.74, 6) is -2.79. The van der Waals surface area contributed by atoms with Crippen LogP contribution in [0.25, 0.3) is 6.08 Å². The Morgan fingerprint density at radius 2 is 1.87 bits per heavy atom. The summed E-state index contributed by atoms with van der Waals surface area (Å²) in [5.41, 5.74) is -0.611. The van der Waals surface area contributed by atoms with E-state index in [1.54, 1.807) is 12.1 Å². The molecule has 1 aromatic carbocycles. The first-order valence-electron chi connectivity index (χ1n) is 11.1. The fraction of sp³-hybridized carbons (Fsp3) is 0.333. The third-order valence-corrected chi connectivity index (χ3v) is 6.37. The first-order valence-corrected chi connectivity index (χ1v) is 12.0. The van der Waals surface area contributed by atoms with Crippen molar-refractivity contribution in [3.63, 3.8) is 0 Å². The van der Waals surface area contributed by atoms with Crippen LogP contribution in [0.1, 0.15) is 36.0 Å². The highest BCUT2D eigenvalue weighted by atomic mass is 79.9. The number of amides is 1. The lowest BCUT2D eigenvalue weighted by Crippen LogP contribution is -2.37. The Bertz CT molecular complexity index is 1310. The lowest BCUT2D eigenvalue weighted by molar-refractivity contribution is -0.153. The van der Waals surface area contributed by atoms with Crippen molar-refractivity contribution >= 4 is 51.6 Å². The summed E-state index contributed by atoms with van der Waals surface area (Å²) < 4.78 is 22.3. The Morgan fingerprint density at radius 1 is 1.18 bits per heavy atom. The molecule has 202 valence electrons. The molecule has 1 aromatic heterocycles. The van der Waals surface area contributed by atoms with Gasteiger partial charge in [0.15, 0.2) is 12.3 Å². The van der Waals surface area contributed by atoms with E-state index in [4.69, 9.17) is 24.1 Å². The van der Waals surface area contributed by atoms with Gasteiger partial charge >= 0.3 is 23.6 Å². The number of hydrogen-bond donors (Lipinski definition) is 2. The molecule has 13 nitrogen and oxygen atoms in total. The minimum atomic E-state index is -1.29. The van der Waals surface area contributed by atoms with E-state index in [1.807, 2.05) is 0 Å². The van der Waals surface area contributed by atoms with Crippen molar-refractivity contribution in [1.29, 1.82) is 0 Å². The smallest absolute Gasteiger partial charge is 0.351 e. The van der Waals surface area contributed by atoms with E-state index in [-0.39, 0.29) is 23.6 Å². The Kier molecular flexibility index (Phi) is 9.36. The van der Waals surface area contributed by atoms with Crippen molar-refractivity contribution in [2.24, 2.45) is 0 Å². The summed E-state index contributed by atoms with van der Waals surface area (Å²) >= 11 is 3.38. The van der Waals surface area contributed by atoms with E-state index in [0.717, 1.165) is 16.7 Å². The van der Waals surface area contributed by atoms with E-state index < -0.39 is 52.8 Å². The van der Waals surface area contributed by atoms with Gasteiger partial charge in [-0.1, -0.05) is 15.9 Å². The van der Waals surface area contributed by atoms with E-state index in [9.17, 15) is 24.0 Å². The maximum Gasteiger partial charge on any atom is 0.351 e. The highest BCUT2D eigenvalue weighted by molar-refractivity contribution is 9.09. The number of hydrogen-bond acceptors (Lipinski definition) is 10. The summed E-state index contributed by atoms with van der Waals surface area (Å²) in [7, 11) is 1.48. The molecular formula is C24H24BrN3O10. The molecule has 1 amide bonds. The number of carbonyl (C=O) groups is 4. The highest BCUT2D eigenvalue weighted by Gasteiger charge is 2.47. The number of alkyl halides is 1. The molecule has 1 saturated heterocycles. The average molecular weight is 594 g/mol. The molecule has 0 unspecified atom stereocenters. The molecule has 1 aliphatic heterocycles. The molecule has 4 atom stereocenters. The quantitative estimate of drug-likeness (QED) is 0.246. The minimum absolute atomic E-state index is 0.0496. The lowest BCUT2D eigenvalue weighted by Gasteiger charge is -2.22. The molecule has 0 saturated carbocycles. The minimum Gasteiger partial charge on any atom is -0.497 e. The predicted octanol–water partition coefficient (Wildman–Crippen LogP) is 1.76. The standard InChI is InChI=1S/C24H24BrN3O10/c1-12(29)36-11-17-19(25)20(37-13(2)30)23(38-17)28-10-15(6-9-18(31)32)21(27-24(28)34)26-22(33)14-4-7-16(35-3)8-5-14/h4-10,17,19-20,23H,11H2,1-3H3,(H,31,32)(H,26,27,33,34)/t17-,19+,20-,23-/m1/s1. The van der Waals surface area contributed by atoms with E-state index >= 15 is 0 Å². The number of carboxylic acids is 1. The molecule has 0 radical (unpaired) electrons. The highest BCUT2D eigenvalue weighted by Crippen LogP contribution is 2.36. The number of halogens is 1. The predicted molar refractivity (Wildman–Crippen MR) is 135 cm³/mol. The fourth-order valence-corrected chi connectivity index (χ4v) is 4.19. The normalized spacial score (nSPS) is 20.6. The number of aromatic nitrogens is 2. The van der Waals surface area contributed by atoms with Crippen LogP contribution in [0.4, 0.5) is 5.82 Å². The number of nitrogens with one attached hydrogen (secondary N) is 1. The summed E-state index contributed by atoms with van der Waals surface area (Å²) in [6, 6.07) is 6.14. The van der Waals surface area contributed by atoms with Gasteiger partial charge in [0.1, 0.15) is 24.3 Å². The molecule has 0 bridgehead atoms. The monoisotopic (exact) mass is 593 g/mol. The number of nitrogens with zero attached hydrogens (tertiary/aromatic N) is 2. The number of carbonyl (C=O) groups excluding carboxylic acids is 3. The zero-order valence-corrected chi connectivity index (χ0v) is 22.0. The number of aliphatic carboxylic acids is 1. The zero-order valence-electron chi connectivity index (χ0n) is 20.5. The van der Waals surface area contributed by atoms with Crippen molar-refractivity contribution in [3.05, 3.63) is 58.1 Å². The topological polar surface area (TPSA) is 172 Å². The van der Waals surface area contributed by atoms with Gasteiger partial charge in [-0.25, -0.2) is 9.59 Å². The van der Waals surface area contributed by atoms with Crippen molar-refractivity contribution < 1.29 is 43.2 Å². The summed E-state index contributed by atoms with van der Waals surface area (Å²) in [6.07, 6.45) is 0.0913. The Hall–Kier alpha value is -4.04. The third kappa shape index (κ3) is 7.04. The fourth-order valence-electron chi connectivity index (χ4n) is 3.54. The Balaban J connectivity index is 2.00. The number of rotatable bonds is 9. The van der Waals surface area contributed by atoms with Gasteiger partial charge in [-0.2, -0.15) is 4.98 Å². The molecule has 14 heteroatoms. The van der Waals surface area contributed by atoms with Gasteiger partial charge in [0.05, 0.1) is 11.9 Å². The second kappa shape index (κ2) is 12.5. The molecule has 3 rings (SSSR count).